The minimum atomic E-state index is -0.227. The number of nitrogens with two attached hydrogens (primary N) is 1. The van der Waals surface area contributed by atoms with Crippen molar-refractivity contribution in [2.75, 3.05) is 6.54 Å². The van der Waals surface area contributed by atoms with Crippen molar-refractivity contribution in [3.05, 3.63) is 0 Å². The Morgan fingerprint density at radius 3 is 2.50 bits per heavy atom. The standard InChI is InChI=1S/C13H26N2O/c1-4-5-10-15(11-6-7-11)12(16)8-9-13(2,3)14/h11H,4-10,14H2,1-3H3. The van der Waals surface area contributed by atoms with Gasteiger partial charge < -0.3 is 10.6 Å². The second-order valence-electron chi connectivity index (χ2n) is 5.66. The molecule has 0 aromatic heterocycles. The summed E-state index contributed by atoms with van der Waals surface area (Å²) in [5.74, 6) is 0.300. The van der Waals surface area contributed by atoms with Crippen LogP contribution in [-0.4, -0.2) is 28.9 Å². The SMILES string of the molecule is CCCCN(C(=O)CCC(C)(C)N)C1CC1. The molecule has 3 heteroatoms. The first-order valence-corrected chi connectivity index (χ1v) is 6.52. The van der Waals surface area contributed by atoms with E-state index < -0.39 is 0 Å². The highest BCUT2D eigenvalue weighted by atomic mass is 16.2. The third-order valence-corrected chi connectivity index (χ3v) is 3.04. The Kier molecular flexibility index (Phi) is 4.78. The number of amides is 1. The van der Waals surface area contributed by atoms with E-state index in [4.69, 9.17) is 5.73 Å². The van der Waals surface area contributed by atoms with Crippen molar-refractivity contribution < 1.29 is 4.79 Å². The van der Waals surface area contributed by atoms with Gasteiger partial charge in [-0.3, -0.25) is 4.79 Å². The first kappa shape index (κ1) is 13.5. The largest absolute Gasteiger partial charge is 0.340 e. The number of rotatable bonds is 7. The van der Waals surface area contributed by atoms with Crippen LogP contribution in [0.4, 0.5) is 0 Å². The Balaban J connectivity index is 2.35. The molecule has 1 amide bonds. The molecular formula is C13H26N2O. The van der Waals surface area contributed by atoms with E-state index in [0.29, 0.717) is 18.4 Å². The van der Waals surface area contributed by atoms with E-state index in [1.807, 2.05) is 13.8 Å². The smallest absolute Gasteiger partial charge is 0.222 e. The van der Waals surface area contributed by atoms with E-state index in [-0.39, 0.29) is 5.54 Å². The maximum Gasteiger partial charge on any atom is 0.222 e. The Hall–Kier alpha value is -0.570. The van der Waals surface area contributed by atoms with Gasteiger partial charge in [-0.1, -0.05) is 13.3 Å². The number of unbranched alkanes of at least 4 members (excludes halogenated alkanes) is 1. The third kappa shape index (κ3) is 4.97. The van der Waals surface area contributed by atoms with Gasteiger partial charge in [0.25, 0.3) is 0 Å². The van der Waals surface area contributed by atoms with Crippen molar-refractivity contribution >= 4 is 5.91 Å². The van der Waals surface area contributed by atoms with Gasteiger partial charge in [-0.15, -0.1) is 0 Å². The summed E-state index contributed by atoms with van der Waals surface area (Å²) in [5, 5.41) is 0. The summed E-state index contributed by atoms with van der Waals surface area (Å²) in [6.45, 7) is 7.06. The van der Waals surface area contributed by atoms with E-state index in [2.05, 4.69) is 11.8 Å². The molecule has 94 valence electrons. The van der Waals surface area contributed by atoms with Crippen molar-refractivity contribution in [2.45, 2.75) is 70.9 Å². The van der Waals surface area contributed by atoms with Gasteiger partial charge in [0.2, 0.25) is 5.91 Å². The first-order chi connectivity index (χ1) is 7.44. The van der Waals surface area contributed by atoms with Crippen LogP contribution in [0.15, 0.2) is 0 Å². The lowest BCUT2D eigenvalue weighted by molar-refractivity contribution is -0.132. The molecule has 0 atom stereocenters. The molecular weight excluding hydrogens is 200 g/mol. The second-order valence-corrected chi connectivity index (χ2v) is 5.66. The van der Waals surface area contributed by atoms with Crippen molar-refractivity contribution in [1.29, 1.82) is 0 Å². The van der Waals surface area contributed by atoms with Crippen molar-refractivity contribution in [1.82, 2.24) is 4.90 Å². The molecule has 1 aliphatic rings. The molecule has 1 rings (SSSR count). The van der Waals surface area contributed by atoms with Crippen LogP contribution in [0, 0.1) is 0 Å². The van der Waals surface area contributed by atoms with E-state index >= 15 is 0 Å². The molecule has 0 radical (unpaired) electrons. The molecule has 0 heterocycles. The molecule has 0 aromatic rings. The lowest BCUT2D eigenvalue weighted by Gasteiger charge is -2.24. The quantitative estimate of drug-likeness (QED) is 0.724. The molecule has 0 aliphatic heterocycles. The molecule has 0 unspecified atom stereocenters. The summed E-state index contributed by atoms with van der Waals surface area (Å²) in [6.07, 6.45) is 6.04. The van der Waals surface area contributed by atoms with Gasteiger partial charge in [-0.05, 0) is 39.5 Å². The zero-order chi connectivity index (χ0) is 12.2. The molecule has 1 aliphatic carbocycles. The fraction of sp³-hybridized carbons (Fsp3) is 0.923. The summed E-state index contributed by atoms with van der Waals surface area (Å²) in [4.78, 5) is 14.1. The predicted octanol–water partition coefficient (Wildman–Crippen LogP) is 2.29. The molecule has 2 N–H and O–H groups in total. The summed E-state index contributed by atoms with van der Waals surface area (Å²) in [7, 11) is 0. The van der Waals surface area contributed by atoms with Gasteiger partial charge in [-0.25, -0.2) is 0 Å². The van der Waals surface area contributed by atoms with Crippen molar-refractivity contribution in [3.63, 3.8) is 0 Å². The molecule has 0 saturated heterocycles. The second kappa shape index (κ2) is 5.67. The van der Waals surface area contributed by atoms with E-state index in [9.17, 15) is 4.79 Å². The summed E-state index contributed by atoms with van der Waals surface area (Å²) >= 11 is 0. The Labute approximate surface area is 99.4 Å². The maximum absolute atomic E-state index is 12.0. The minimum Gasteiger partial charge on any atom is -0.340 e. The van der Waals surface area contributed by atoms with E-state index in [0.717, 1.165) is 25.8 Å². The van der Waals surface area contributed by atoms with Crippen LogP contribution in [0.3, 0.4) is 0 Å². The van der Waals surface area contributed by atoms with Crippen LogP contribution in [-0.2, 0) is 4.79 Å². The predicted molar refractivity (Wildman–Crippen MR) is 67.1 cm³/mol. The lowest BCUT2D eigenvalue weighted by Crippen LogP contribution is -2.37. The van der Waals surface area contributed by atoms with Crippen LogP contribution in [0.5, 0.6) is 0 Å². The molecule has 1 fully saturated rings. The summed E-state index contributed by atoms with van der Waals surface area (Å²) in [6, 6.07) is 0.542. The zero-order valence-corrected chi connectivity index (χ0v) is 11.0. The molecule has 0 spiro atoms. The van der Waals surface area contributed by atoms with Crippen molar-refractivity contribution in [3.8, 4) is 0 Å². The van der Waals surface area contributed by atoms with Crippen LogP contribution >= 0.6 is 0 Å². The molecule has 3 nitrogen and oxygen atoms in total. The molecule has 0 bridgehead atoms. The van der Waals surface area contributed by atoms with Gasteiger partial charge in [0.1, 0.15) is 0 Å². The average Bonchev–Trinajstić information content (AvgIpc) is 2.98. The summed E-state index contributed by atoms with van der Waals surface area (Å²) < 4.78 is 0. The molecule has 1 saturated carbocycles. The van der Waals surface area contributed by atoms with Crippen LogP contribution in [0.25, 0.3) is 0 Å². The highest BCUT2D eigenvalue weighted by Gasteiger charge is 2.32. The first-order valence-electron chi connectivity index (χ1n) is 6.52. The monoisotopic (exact) mass is 226 g/mol. The third-order valence-electron chi connectivity index (χ3n) is 3.04. The lowest BCUT2D eigenvalue weighted by atomic mass is 9.99. The maximum atomic E-state index is 12.0. The van der Waals surface area contributed by atoms with E-state index in [1.54, 1.807) is 0 Å². The van der Waals surface area contributed by atoms with Crippen LogP contribution in [0.1, 0.15) is 59.3 Å². The van der Waals surface area contributed by atoms with Crippen LogP contribution < -0.4 is 5.73 Å². The van der Waals surface area contributed by atoms with Gasteiger partial charge in [0.05, 0.1) is 0 Å². The Bertz CT molecular complexity index is 229. The highest BCUT2D eigenvalue weighted by Crippen LogP contribution is 2.28. The highest BCUT2D eigenvalue weighted by molar-refractivity contribution is 5.77. The van der Waals surface area contributed by atoms with Gasteiger partial charge in [0, 0.05) is 24.5 Å². The van der Waals surface area contributed by atoms with Gasteiger partial charge >= 0.3 is 0 Å². The molecule has 16 heavy (non-hydrogen) atoms. The Morgan fingerprint density at radius 2 is 2.06 bits per heavy atom. The van der Waals surface area contributed by atoms with Crippen molar-refractivity contribution in [2.24, 2.45) is 5.73 Å². The average molecular weight is 226 g/mol. The number of nitrogens with zero attached hydrogens (tertiary/aromatic N) is 1. The van der Waals surface area contributed by atoms with Gasteiger partial charge in [0.15, 0.2) is 0 Å². The number of hydrogen-bond donors (Lipinski definition) is 1. The minimum absolute atomic E-state index is 0.227. The number of carbonyl (C=O) groups is 1. The zero-order valence-electron chi connectivity index (χ0n) is 11.0. The van der Waals surface area contributed by atoms with E-state index in [1.165, 1.54) is 12.8 Å². The summed E-state index contributed by atoms with van der Waals surface area (Å²) in [5.41, 5.74) is 5.68. The van der Waals surface area contributed by atoms with Gasteiger partial charge in [-0.2, -0.15) is 0 Å². The number of hydrogen-bond acceptors (Lipinski definition) is 2. The Morgan fingerprint density at radius 1 is 1.44 bits per heavy atom. The fourth-order valence-electron chi connectivity index (χ4n) is 1.80. The van der Waals surface area contributed by atoms with Crippen LogP contribution in [0.2, 0.25) is 0 Å². The topological polar surface area (TPSA) is 46.3 Å². The fourth-order valence-corrected chi connectivity index (χ4v) is 1.80. The molecule has 0 aromatic carbocycles. The number of carbonyl (C=O) groups excluding carboxylic acids is 1. The normalized spacial score (nSPS) is 16.2.